The van der Waals surface area contributed by atoms with E-state index in [2.05, 4.69) is 8.83 Å². The van der Waals surface area contributed by atoms with Crippen molar-refractivity contribution >= 4 is 21.6 Å². The number of hydrogen-bond acceptors (Lipinski definition) is 10. The van der Waals surface area contributed by atoms with Crippen LogP contribution in [0.2, 0.25) is 0 Å². The van der Waals surface area contributed by atoms with E-state index in [9.17, 15) is 38.8 Å². The Morgan fingerprint density at radius 2 is 1.55 bits per heavy atom. The molecule has 0 saturated carbocycles. The predicted molar refractivity (Wildman–Crippen MR) is 47.1 cm³/mol. The number of carbonyl (C=O) groups excluding carboxylic acids is 1. The number of carboxylic acids is 1. The van der Waals surface area contributed by atoms with Crippen molar-refractivity contribution < 1.29 is 123 Å². The van der Waals surface area contributed by atoms with Crippen molar-refractivity contribution in [3.05, 3.63) is 0 Å². The van der Waals surface area contributed by atoms with Gasteiger partial charge < -0.3 is 38.8 Å². The fraction of sp³-hybridized carbons (Fsp3) is 0.833. The van der Waals surface area contributed by atoms with Crippen LogP contribution in [0.4, 0.5) is 0 Å². The summed E-state index contributed by atoms with van der Waals surface area (Å²) < 4.78 is 27.9. The number of phosphoric acid groups is 2. The van der Waals surface area contributed by atoms with E-state index in [-0.39, 0.29) is 75.4 Å². The van der Waals surface area contributed by atoms with Gasteiger partial charge in [-0.2, -0.15) is 0 Å². The SMILES string of the molecule is CC(O)(CCOP(=O)([O-])OP(=O)([O-])[O-])CC(=O)[O-].[Li+].[Li+].[Li+].[Li+]. The van der Waals surface area contributed by atoms with Crippen LogP contribution in [0.15, 0.2) is 0 Å². The molecule has 0 spiro atoms. The molecule has 0 bridgehead atoms. The van der Waals surface area contributed by atoms with E-state index < -0.39 is 46.7 Å². The number of carboxylic acid groups (broad SMARTS) is 1. The first kappa shape index (κ1) is 35.2. The molecule has 0 amide bonds. The molecular weight excluding hydrogens is 322 g/mol. The fourth-order valence-corrected chi connectivity index (χ4v) is 2.41. The summed E-state index contributed by atoms with van der Waals surface area (Å²) in [5.41, 5.74) is -1.81. The van der Waals surface area contributed by atoms with Crippen LogP contribution in [0, 0.1) is 0 Å². The molecule has 0 radical (unpaired) electrons. The molecule has 0 aliphatic carbocycles. The van der Waals surface area contributed by atoms with E-state index >= 15 is 0 Å². The molecule has 108 valence electrons. The van der Waals surface area contributed by atoms with Crippen LogP contribution < -0.4 is 95.2 Å². The van der Waals surface area contributed by atoms with Gasteiger partial charge in [0.05, 0.1) is 20.0 Å². The van der Waals surface area contributed by atoms with Crippen LogP contribution in [0.25, 0.3) is 0 Å². The maximum absolute atomic E-state index is 10.8. The van der Waals surface area contributed by atoms with Gasteiger partial charge in [-0.15, -0.1) is 0 Å². The van der Waals surface area contributed by atoms with Gasteiger partial charge in [0.1, 0.15) is 0 Å². The Labute approximate surface area is 175 Å². The minimum atomic E-state index is -5.76. The van der Waals surface area contributed by atoms with Crippen LogP contribution in [0.3, 0.4) is 0 Å². The quantitative estimate of drug-likeness (QED) is 0.331. The summed E-state index contributed by atoms with van der Waals surface area (Å²) in [7, 11) is -11.1. The molecule has 0 heterocycles. The van der Waals surface area contributed by atoms with Crippen molar-refractivity contribution in [3.63, 3.8) is 0 Å². The van der Waals surface area contributed by atoms with Crippen LogP contribution in [0.1, 0.15) is 19.8 Å². The third kappa shape index (κ3) is 22.1. The average molecular weight is 332 g/mol. The number of rotatable bonds is 8. The smallest absolute Gasteiger partial charge is 0.790 e. The summed E-state index contributed by atoms with van der Waals surface area (Å²) >= 11 is 0. The Hall–Kier alpha value is 2.08. The molecule has 0 rings (SSSR count). The normalized spacial score (nSPS) is 15.5. The molecule has 22 heavy (non-hydrogen) atoms. The van der Waals surface area contributed by atoms with E-state index in [4.69, 9.17) is 0 Å². The van der Waals surface area contributed by atoms with Crippen molar-refractivity contribution in [2.24, 2.45) is 0 Å². The molecule has 16 heteroatoms. The summed E-state index contributed by atoms with van der Waals surface area (Å²) in [4.78, 5) is 41.0. The molecule has 0 aromatic carbocycles. The molecule has 10 nitrogen and oxygen atoms in total. The van der Waals surface area contributed by atoms with Crippen molar-refractivity contribution in [1.82, 2.24) is 0 Å². The average Bonchev–Trinajstić information content (AvgIpc) is 1.93. The molecule has 1 N–H and O–H groups in total. The number of aliphatic carboxylic acids is 1. The van der Waals surface area contributed by atoms with E-state index in [0.717, 1.165) is 6.92 Å². The molecular formula is C6H10Li4O10P2. The summed E-state index contributed by atoms with van der Waals surface area (Å²) in [6, 6.07) is 0. The van der Waals surface area contributed by atoms with Gasteiger partial charge in [-0.1, -0.05) is 0 Å². The monoisotopic (exact) mass is 332 g/mol. The van der Waals surface area contributed by atoms with Crippen LogP contribution in [-0.2, 0) is 22.8 Å². The first-order valence-corrected chi connectivity index (χ1v) is 7.36. The minimum Gasteiger partial charge on any atom is -0.790 e. The Morgan fingerprint density at radius 3 is 1.86 bits per heavy atom. The topological polar surface area (TPSA) is 182 Å². The zero-order chi connectivity index (χ0) is 14.6. The minimum absolute atomic E-state index is 0. The van der Waals surface area contributed by atoms with Crippen molar-refractivity contribution in [1.29, 1.82) is 0 Å². The number of aliphatic hydroxyl groups is 1. The maximum atomic E-state index is 10.8. The Kier molecular flexibility index (Phi) is 22.9. The molecule has 0 aliphatic rings. The van der Waals surface area contributed by atoms with Crippen molar-refractivity contribution in [3.8, 4) is 0 Å². The summed E-state index contributed by atoms with van der Waals surface area (Å²) in [5, 5.41) is 19.6. The van der Waals surface area contributed by atoms with E-state index in [0.29, 0.717) is 0 Å². The standard InChI is InChI=1S/C6H14O10P2.4Li/c1-6(9,4-5(7)8)2-3-15-18(13,14)16-17(10,11)12;;;;/h9H,2-4H2,1H3,(H,7,8)(H,13,14)(H2,10,11,12);;;;/q;4*+1/p-4. The summed E-state index contributed by atoms with van der Waals surface area (Å²) in [6.45, 7) is 0.315. The number of hydrogen-bond donors (Lipinski definition) is 1. The predicted octanol–water partition coefficient (Wildman–Crippen LogP) is -15.4. The fourth-order valence-electron chi connectivity index (χ4n) is 0.923. The largest absolute Gasteiger partial charge is 1.00 e. The van der Waals surface area contributed by atoms with Gasteiger partial charge in [0, 0.05) is 18.8 Å². The Balaban J connectivity index is -0.000000241. The van der Waals surface area contributed by atoms with Gasteiger partial charge in [-0.05, 0) is 6.92 Å². The molecule has 2 atom stereocenters. The Bertz CT molecular complexity index is 399. The van der Waals surface area contributed by atoms with Gasteiger partial charge in [0.15, 0.2) is 0 Å². The molecule has 0 aromatic heterocycles. The molecule has 2 unspecified atom stereocenters. The van der Waals surface area contributed by atoms with Crippen molar-refractivity contribution in [2.45, 2.75) is 25.4 Å². The molecule has 0 aliphatic heterocycles. The summed E-state index contributed by atoms with van der Waals surface area (Å²) in [5.74, 6) is -1.56. The first-order valence-electron chi connectivity index (χ1n) is 4.44. The number of carbonyl (C=O) groups is 1. The van der Waals surface area contributed by atoms with Gasteiger partial charge in [-0.25, -0.2) is 0 Å². The molecule has 0 aromatic rings. The van der Waals surface area contributed by atoms with Gasteiger partial charge >= 0.3 is 75.4 Å². The summed E-state index contributed by atoms with van der Waals surface area (Å²) in [6.07, 6.45) is -1.24. The number of phosphoric ester groups is 1. The zero-order valence-corrected chi connectivity index (χ0v) is 14.9. The van der Waals surface area contributed by atoms with Gasteiger partial charge in [0.25, 0.3) is 7.82 Å². The Morgan fingerprint density at radius 1 is 1.14 bits per heavy atom. The van der Waals surface area contributed by atoms with Gasteiger partial charge in [-0.3, -0.25) is 8.88 Å². The van der Waals surface area contributed by atoms with Crippen LogP contribution >= 0.6 is 15.6 Å². The van der Waals surface area contributed by atoms with Crippen LogP contribution in [-0.4, -0.2) is 23.3 Å². The maximum Gasteiger partial charge on any atom is 1.00 e. The van der Waals surface area contributed by atoms with E-state index in [1.807, 2.05) is 0 Å². The molecule has 0 fully saturated rings. The van der Waals surface area contributed by atoms with Gasteiger partial charge in [0.2, 0.25) is 0 Å². The van der Waals surface area contributed by atoms with Crippen LogP contribution in [0.5, 0.6) is 0 Å². The third-order valence-corrected chi connectivity index (χ3v) is 3.71. The van der Waals surface area contributed by atoms with E-state index in [1.165, 1.54) is 0 Å². The second-order valence-electron chi connectivity index (χ2n) is 3.61. The second kappa shape index (κ2) is 14.3. The first-order chi connectivity index (χ1) is 7.83. The zero-order valence-electron chi connectivity index (χ0n) is 13.1. The second-order valence-corrected chi connectivity index (χ2v) is 6.31. The van der Waals surface area contributed by atoms with Crippen molar-refractivity contribution in [2.75, 3.05) is 6.61 Å². The molecule has 0 saturated heterocycles. The van der Waals surface area contributed by atoms with E-state index in [1.54, 1.807) is 0 Å². The third-order valence-electron chi connectivity index (χ3n) is 1.62.